The fraction of sp³-hybridized carbons (Fsp3) is 0.833. The van der Waals surface area contributed by atoms with Crippen LogP contribution in [0.4, 0.5) is 0 Å². The molecule has 6 rings (SSSR count). The first-order valence-electron chi connectivity index (χ1n) is 14.8. The van der Waals surface area contributed by atoms with Crippen molar-refractivity contribution >= 4 is 18.2 Å². The number of ether oxygens (including phenoxy) is 4. The fourth-order valence-electron chi connectivity index (χ4n) is 10.0. The Morgan fingerprint density at radius 2 is 1.90 bits per heavy atom. The largest absolute Gasteiger partial charge is 0.467 e. The molecule has 10 heteroatoms. The molecule has 0 aromatic rings. The number of hydrogen-bond donors (Lipinski definition) is 3. The van der Waals surface area contributed by atoms with Crippen molar-refractivity contribution in [2.45, 2.75) is 107 Å². The molecular formula is C30H42O10. The Morgan fingerprint density at radius 1 is 1.12 bits per heavy atom. The molecule has 2 aliphatic heterocycles. The maximum atomic E-state index is 13.0. The van der Waals surface area contributed by atoms with E-state index in [1.54, 1.807) is 13.0 Å². The summed E-state index contributed by atoms with van der Waals surface area (Å²) < 4.78 is 21.8. The van der Waals surface area contributed by atoms with Crippen LogP contribution in [-0.2, 0) is 33.3 Å². The number of carbonyl (C=O) groups is 3. The lowest BCUT2D eigenvalue weighted by Gasteiger charge is -2.63. The van der Waals surface area contributed by atoms with Gasteiger partial charge in [0.15, 0.2) is 6.29 Å². The van der Waals surface area contributed by atoms with Crippen LogP contribution in [0.1, 0.15) is 71.6 Å². The lowest BCUT2D eigenvalue weighted by atomic mass is 9.43. The lowest BCUT2D eigenvalue weighted by Crippen LogP contribution is -2.65. The predicted molar refractivity (Wildman–Crippen MR) is 138 cm³/mol. The summed E-state index contributed by atoms with van der Waals surface area (Å²) in [6, 6.07) is 0. The minimum atomic E-state index is -1.97. The minimum absolute atomic E-state index is 0.0220. The van der Waals surface area contributed by atoms with E-state index in [0.29, 0.717) is 19.3 Å². The maximum absolute atomic E-state index is 13.0. The highest BCUT2D eigenvalue weighted by Crippen LogP contribution is 2.69. The van der Waals surface area contributed by atoms with E-state index in [4.69, 9.17) is 18.9 Å². The Bertz CT molecular complexity index is 1110. The molecule has 0 aromatic carbocycles. The number of aliphatic hydroxyl groups excluding tert-OH is 1. The molecule has 0 aromatic heterocycles. The van der Waals surface area contributed by atoms with Gasteiger partial charge in [-0.25, -0.2) is 9.59 Å². The summed E-state index contributed by atoms with van der Waals surface area (Å²) in [6.45, 7) is 4.15. The van der Waals surface area contributed by atoms with E-state index in [1.165, 1.54) is 7.11 Å². The molecule has 40 heavy (non-hydrogen) atoms. The van der Waals surface area contributed by atoms with Crippen LogP contribution in [0.5, 0.6) is 0 Å². The Hall–Kier alpha value is -1.85. The van der Waals surface area contributed by atoms with E-state index in [-0.39, 0.29) is 49.1 Å². The molecule has 5 fully saturated rings. The first-order valence-corrected chi connectivity index (χ1v) is 14.8. The molecule has 0 spiro atoms. The molecule has 222 valence electrons. The van der Waals surface area contributed by atoms with Crippen molar-refractivity contribution in [1.82, 2.24) is 0 Å². The van der Waals surface area contributed by atoms with Gasteiger partial charge in [0, 0.05) is 23.3 Å². The zero-order valence-corrected chi connectivity index (χ0v) is 23.5. The van der Waals surface area contributed by atoms with Gasteiger partial charge in [0.05, 0.1) is 31.0 Å². The molecule has 0 bridgehead atoms. The summed E-state index contributed by atoms with van der Waals surface area (Å²) in [5.41, 5.74) is -3.20. The minimum Gasteiger partial charge on any atom is -0.467 e. The third kappa shape index (κ3) is 3.82. The molecule has 2 heterocycles. The summed E-state index contributed by atoms with van der Waals surface area (Å²) >= 11 is 0. The molecule has 12 atom stereocenters. The van der Waals surface area contributed by atoms with E-state index in [0.717, 1.165) is 37.5 Å². The molecule has 0 radical (unpaired) electrons. The number of methoxy groups -OCH3 is 1. The molecule has 1 saturated heterocycles. The highest BCUT2D eigenvalue weighted by Gasteiger charge is 2.69. The van der Waals surface area contributed by atoms with Gasteiger partial charge in [0.25, 0.3) is 0 Å². The first-order chi connectivity index (χ1) is 18.9. The van der Waals surface area contributed by atoms with Crippen molar-refractivity contribution in [3.05, 3.63) is 11.6 Å². The first kappa shape index (κ1) is 28.3. The highest BCUT2D eigenvalue weighted by molar-refractivity contribution is 5.85. The predicted octanol–water partition coefficient (Wildman–Crippen LogP) is 1.82. The Balaban J connectivity index is 1.23. The molecule has 4 aliphatic carbocycles. The smallest absolute Gasteiger partial charge is 0.343 e. The van der Waals surface area contributed by atoms with Crippen molar-refractivity contribution in [2.24, 2.45) is 34.5 Å². The standard InChI is InChI=1S/C30H42O10/c1-16-12-29(35,25(34)37-3)26(39-16)40-23-11-18-4-5-21-20(28(18,15-31)13-22(23)32)6-8-27(2)19(7-9-30(21,27)36)17-10-24(33)38-14-17/h10,15-16,18-23,26,32,35-36H,4-9,11-14H2,1-3H3/t16-,18+,19-,20+,21-,22-,23-,26+,27-,28-,29+,30+/m1/s1. The van der Waals surface area contributed by atoms with Crippen LogP contribution in [0.25, 0.3) is 0 Å². The van der Waals surface area contributed by atoms with Crippen molar-refractivity contribution in [3.63, 3.8) is 0 Å². The molecule has 0 amide bonds. The number of hydrogen-bond acceptors (Lipinski definition) is 10. The maximum Gasteiger partial charge on any atom is 0.343 e. The van der Waals surface area contributed by atoms with Crippen molar-refractivity contribution in [1.29, 1.82) is 0 Å². The molecule has 3 N–H and O–H groups in total. The molecular weight excluding hydrogens is 520 g/mol. The number of cyclic esters (lactones) is 1. The van der Waals surface area contributed by atoms with E-state index >= 15 is 0 Å². The van der Waals surface area contributed by atoms with E-state index < -0.39 is 52.6 Å². The number of carbonyl (C=O) groups excluding carboxylic acids is 3. The summed E-state index contributed by atoms with van der Waals surface area (Å²) in [6.07, 6.45) is 4.08. The quantitative estimate of drug-likeness (QED) is 0.335. The SMILES string of the molecule is COC(=O)[C@@]1(O)C[C@@H](C)O[C@H]1O[C@@H]1C[C@@H]2CC[C@@H]3[C@H](CC[C@]4(C)[C@@H](C5=CC(=O)OC5)CC[C@]34O)[C@@]2(C=O)C[C@H]1O. The average molecular weight is 563 g/mol. The Morgan fingerprint density at radius 3 is 2.58 bits per heavy atom. The van der Waals surface area contributed by atoms with Crippen molar-refractivity contribution in [2.75, 3.05) is 13.7 Å². The molecule has 0 unspecified atom stereocenters. The van der Waals surface area contributed by atoms with Gasteiger partial charge in [-0.15, -0.1) is 0 Å². The van der Waals surface area contributed by atoms with E-state index in [1.807, 2.05) is 0 Å². The van der Waals surface area contributed by atoms with Gasteiger partial charge in [0.2, 0.25) is 5.60 Å². The van der Waals surface area contributed by atoms with Crippen LogP contribution in [0.3, 0.4) is 0 Å². The Labute approximate surface area is 234 Å². The number of aliphatic hydroxyl groups is 3. The number of aldehydes is 1. The average Bonchev–Trinajstić information content (AvgIpc) is 3.56. The van der Waals surface area contributed by atoms with Crippen LogP contribution in [0.2, 0.25) is 0 Å². The second-order valence-electron chi connectivity index (χ2n) is 13.6. The number of esters is 2. The lowest BCUT2D eigenvalue weighted by molar-refractivity contribution is -0.262. The van der Waals surface area contributed by atoms with Crippen LogP contribution >= 0.6 is 0 Å². The van der Waals surface area contributed by atoms with Crippen LogP contribution in [-0.4, -0.2) is 83.1 Å². The zero-order valence-electron chi connectivity index (χ0n) is 23.5. The monoisotopic (exact) mass is 562 g/mol. The van der Waals surface area contributed by atoms with Gasteiger partial charge < -0.3 is 39.1 Å². The fourth-order valence-corrected chi connectivity index (χ4v) is 10.0. The molecule has 6 aliphatic rings. The number of fused-ring (bicyclic) bond motifs is 5. The summed E-state index contributed by atoms with van der Waals surface area (Å²) in [5, 5.41) is 34.8. The van der Waals surface area contributed by atoms with E-state index in [2.05, 4.69) is 6.92 Å². The van der Waals surface area contributed by atoms with Crippen LogP contribution < -0.4 is 0 Å². The normalized spacial score (nSPS) is 51.8. The van der Waals surface area contributed by atoms with Crippen molar-refractivity contribution in [3.8, 4) is 0 Å². The van der Waals surface area contributed by atoms with E-state index in [9.17, 15) is 29.7 Å². The molecule has 10 nitrogen and oxygen atoms in total. The van der Waals surface area contributed by atoms with Crippen LogP contribution in [0, 0.1) is 34.5 Å². The van der Waals surface area contributed by atoms with Gasteiger partial charge in [-0.3, -0.25) is 0 Å². The van der Waals surface area contributed by atoms with Crippen LogP contribution in [0.15, 0.2) is 11.6 Å². The third-order valence-electron chi connectivity index (χ3n) is 12.0. The number of rotatable bonds is 5. The topological polar surface area (TPSA) is 149 Å². The van der Waals surface area contributed by atoms with Crippen molar-refractivity contribution < 1.29 is 48.7 Å². The Kier molecular flexibility index (Phi) is 6.78. The molecule has 4 saturated carbocycles. The van der Waals surface area contributed by atoms with Gasteiger partial charge in [-0.2, -0.15) is 0 Å². The van der Waals surface area contributed by atoms with Gasteiger partial charge in [0.1, 0.15) is 12.9 Å². The second-order valence-corrected chi connectivity index (χ2v) is 13.6. The summed E-state index contributed by atoms with van der Waals surface area (Å²) in [7, 11) is 1.19. The summed E-state index contributed by atoms with van der Waals surface area (Å²) in [5.74, 6) is -1.35. The second kappa shape index (κ2) is 9.59. The van der Waals surface area contributed by atoms with Gasteiger partial charge in [-0.1, -0.05) is 6.92 Å². The van der Waals surface area contributed by atoms with Gasteiger partial charge >= 0.3 is 11.9 Å². The van der Waals surface area contributed by atoms with Gasteiger partial charge in [-0.05, 0) is 87.5 Å². The highest BCUT2D eigenvalue weighted by atomic mass is 16.7. The summed E-state index contributed by atoms with van der Waals surface area (Å²) in [4.78, 5) is 37.2. The third-order valence-corrected chi connectivity index (χ3v) is 12.0. The zero-order chi connectivity index (χ0) is 28.7.